The lowest BCUT2D eigenvalue weighted by Crippen LogP contribution is -2.16. The molecule has 1 aliphatic carbocycles. The third-order valence-electron chi connectivity index (χ3n) is 10.2. The smallest absolute Gasteiger partial charge is 0.339 e. The molecule has 0 saturated carbocycles. The minimum absolute atomic E-state index is 0.0392. The van der Waals surface area contributed by atoms with Crippen LogP contribution < -0.4 is 8.91 Å². The Morgan fingerprint density at radius 2 is 0.967 bits per heavy atom. The summed E-state index contributed by atoms with van der Waals surface area (Å²) in [5.74, 6) is -1.99. The number of benzene rings is 6. The predicted octanol–water partition coefficient (Wildman–Crippen LogP) is 6.72. The van der Waals surface area contributed by atoms with Crippen LogP contribution in [0.4, 0.5) is 0 Å². The van der Waals surface area contributed by atoms with Crippen molar-refractivity contribution in [3.05, 3.63) is 159 Å². The van der Waals surface area contributed by atoms with Crippen LogP contribution in [-0.4, -0.2) is 61.8 Å². The van der Waals surface area contributed by atoms with Gasteiger partial charge in [0, 0.05) is 70.9 Å². The van der Waals surface area contributed by atoms with Crippen LogP contribution in [-0.2, 0) is 56.0 Å². The minimum Gasteiger partial charge on any atom is -0.507 e. The Kier molecular flexibility index (Phi) is 11.7. The molecule has 0 spiro atoms. The van der Waals surface area contributed by atoms with E-state index < -0.39 is 70.4 Å². The number of aryl methyl sites for hydroxylation is 1. The highest BCUT2D eigenvalue weighted by Gasteiger charge is 2.28. The Hall–Kier alpha value is -5.89. The van der Waals surface area contributed by atoms with Crippen molar-refractivity contribution in [1.29, 1.82) is 0 Å². The summed E-state index contributed by atoms with van der Waals surface area (Å²) in [4.78, 5) is 10.9. The van der Waals surface area contributed by atoms with Gasteiger partial charge >= 0.3 is 10.1 Å². The van der Waals surface area contributed by atoms with Crippen LogP contribution >= 0.6 is 11.9 Å². The van der Waals surface area contributed by atoms with Gasteiger partial charge in [-0.15, -0.1) is 0 Å². The Morgan fingerprint density at radius 1 is 0.557 bits per heavy atom. The molecule has 7 rings (SSSR count). The van der Waals surface area contributed by atoms with E-state index in [9.17, 15) is 54.5 Å². The topological polar surface area (TPSA) is 242 Å². The molecule has 0 radical (unpaired) electrons. The minimum atomic E-state index is -4.91. The predicted molar refractivity (Wildman–Crippen MR) is 227 cm³/mol. The van der Waals surface area contributed by atoms with E-state index in [1.165, 1.54) is 12.1 Å². The third-order valence-corrected chi connectivity index (χ3v) is 13.4. The summed E-state index contributed by atoms with van der Waals surface area (Å²) >= 11 is 1.05. The summed E-state index contributed by atoms with van der Waals surface area (Å²) in [6.45, 7) is 1.70. The van der Waals surface area contributed by atoms with Crippen molar-refractivity contribution in [3.63, 3.8) is 0 Å². The first-order valence-corrected chi connectivity index (χ1v) is 23.8. The van der Waals surface area contributed by atoms with Gasteiger partial charge in [0.1, 0.15) is 27.9 Å². The van der Waals surface area contributed by atoms with Crippen LogP contribution in [0.25, 0.3) is 11.1 Å². The molecule has 6 N–H and O–H groups in total. The number of hydrogen-bond acceptors (Lipinski definition) is 12. The van der Waals surface area contributed by atoms with Crippen LogP contribution in [0.5, 0.6) is 23.0 Å². The number of phenols is 3. The monoisotopic (exact) mass is 903 g/mol. The molecule has 1 amide bonds. The van der Waals surface area contributed by atoms with Crippen molar-refractivity contribution in [2.45, 2.75) is 47.3 Å². The van der Waals surface area contributed by atoms with Crippen molar-refractivity contribution in [2.24, 2.45) is 0 Å². The Morgan fingerprint density at radius 3 is 1.38 bits per heavy atom. The van der Waals surface area contributed by atoms with Gasteiger partial charge < -0.3 is 19.5 Å². The molecule has 14 nitrogen and oxygen atoms in total. The summed E-state index contributed by atoms with van der Waals surface area (Å²) in [6.07, 6.45) is 0.204. The molecule has 0 fully saturated rings. The van der Waals surface area contributed by atoms with E-state index in [-0.39, 0.29) is 79.3 Å². The largest absolute Gasteiger partial charge is 0.507 e. The van der Waals surface area contributed by atoms with Crippen molar-refractivity contribution in [2.75, 3.05) is 6.26 Å². The average Bonchev–Trinajstić information content (AvgIpc) is 3.19. The van der Waals surface area contributed by atoms with Gasteiger partial charge in [0.05, 0.1) is 9.79 Å². The molecule has 0 aliphatic heterocycles. The number of fused-ring (bicyclic) bond motifs is 8. The van der Waals surface area contributed by atoms with Gasteiger partial charge in [-0.05, 0) is 89.8 Å². The van der Waals surface area contributed by atoms with Gasteiger partial charge in [-0.3, -0.25) is 18.6 Å². The Balaban J connectivity index is 1.55. The van der Waals surface area contributed by atoms with Gasteiger partial charge in [0.15, 0.2) is 0 Å². The zero-order valence-electron chi connectivity index (χ0n) is 32.3. The van der Waals surface area contributed by atoms with Crippen LogP contribution in [0, 0.1) is 6.92 Å². The first-order valence-electron chi connectivity index (χ1n) is 18.3. The molecule has 0 saturated heterocycles. The van der Waals surface area contributed by atoms with E-state index in [0.717, 1.165) is 48.3 Å². The van der Waals surface area contributed by atoms with Crippen molar-refractivity contribution in [3.8, 4) is 34.1 Å². The number of nitrogens with one attached hydrogen (secondary N) is 1. The quantitative estimate of drug-likeness (QED) is 0.0527. The van der Waals surface area contributed by atoms with Crippen molar-refractivity contribution >= 4 is 48.2 Å². The van der Waals surface area contributed by atoms with Crippen LogP contribution in [0.2, 0.25) is 0 Å². The highest BCUT2D eigenvalue weighted by molar-refractivity contribution is 7.97. The average molecular weight is 904 g/mol. The van der Waals surface area contributed by atoms with Gasteiger partial charge in [0.2, 0.25) is 0 Å². The van der Waals surface area contributed by atoms with Crippen molar-refractivity contribution < 1.29 is 58.7 Å². The molecule has 1 aliphatic rings. The van der Waals surface area contributed by atoms with E-state index in [2.05, 4.69) is 4.72 Å². The van der Waals surface area contributed by atoms with Crippen LogP contribution in [0.15, 0.2) is 118 Å². The van der Waals surface area contributed by atoms with Crippen LogP contribution in [0.3, 0.4) is 0 Å². The lowest BCUT2D eigenvalue weighted by molar-refractivity contribution is 0.0984. The van der Waals surface area contributed by atoms with E-state index >= 15 is 0 Å². The molecular formula is C43H37NO13S4. The maximum Gasteiger partial charge on any atom is 0.339 e. The molecule has 18 heteroatoms. The number of hydrogen-bond donors (Lipinski definition) is 6. The highest BCUT2D eigenvalue weighted by atomic mass is 32.2. The number of amides is 1. The molecule has 316 valence electrons. The summed E-state index contributed by atoms with van der Waals surface area (Å²) in [6, 6.07) is 24.1. The molecular weight excluding hydrogens is 867 g/mol. The Labute approximate surface area is 356 Å². The van der Waals surface area contributed by atoms with Crippen molar-refractivity contribution in [1.82, 2.24) is 4.72 Å². The zero-order valence-corrected chi connectivity index (χ0v) is 35.5. The fourth-order valence-corrected chi connectivity index (χ4v) is 9.79. The van der Waals surface area contributed by atoms with E-state index in [1.807, 2.05) is 0 Å². The van der Waals surface area contributed by atoms with E-state index in [1.54, 1.807) is 67.8 Å². The molecule has 0 unspecified atom stereocenters. The second-order valence-electron chi connectivity index (χ2n) is 14.5. The summed E-state index contributed by atoms with van der Waals surface area (Å²) < 4.78 is 108. The lowest BCUT2D eigenvalue weighted by Gasteiger charge is -2.21. The fraction of sp³-hybridized carbons (Fsp3) is 0.140. The molecule has 8 bridgehead atoms. The molecule has 0 atom stereocenters. The molecule has 6 aromatic carbocycles. The van der Waals surface area contributed by atoms with E-state index in [0.29, 0.717) is 16.7 Å². The van der Waals surface area contributed by atoms with Gasteiger partial charge in [-0.25, -0.2) is 0 Å². The zero-order chi connectivity index (χ0) is 44.0. The third kappa shape index (κ3) is 9.24. The number of phenolic OH excluding ortho intramolecular Hbond substituents is 3. The maximum absolute atomic E-state index is 14.2. The Bertz CT molecular complexity index is 2940. The van der Waals surface area contributed by atoms with Gasteiger partial charge in [-0.1, -0.05) is 60.0 Å². The fourth-order valence-electron chi connectivity index (χ4n) is 7.32. The van der Waals surface area contributed by atoms with Gasteiger partial charge in [0.25, 0.3) is 26.1 Å². The van der Waals surface area contributed by atoms with Gasteiger partial charge in [-0.2, -0.15) is 25.3 Å². The second-order valence-corrected chi connectivity index (χ2v) is 19.5. The molecule has 61 heavy (non-hydrogen) atoms. The number of carbonyl (C=O) groups excluding carboxylic acids is 1. The number of rotatable bonds is 8. The maximum atomic E-state index is 14.2. The summed E-state index contributed by atoms with van der Waals surface area (Å²) in [7, 11) is -14.6. The molecule has 0 heterocycles. The number of aromatic hydroxyl groups is 3. The van der Waals surface area contributed by atoms with E-state index in [4.69, 9.17) is 4.18 Å². The lowest BCUT2D eigenvalue weighted by atomic mass is 9.89. The normalized spacial score (nSPS) is 13.0. The first-order chi connectivity index (χ1) is 28.7. The highest BCUT2D eigenvalue weighted by Crippen LogP contribution is 2.42. The van der Waals surface area contributed by atoms with Crippen LogP contribution in [0.1, 0.15) is 60.4 Å². The molecule has 0 aromatic heterocycles. The first kappa shape index (κ1) is 43.2. The number of carbonyl (C=O) groups is 1. The summed E-state index contributed by atoms with van der Waals surface area (Å²) in [5.41, 5.74) is 2.08. The summed E-state index contributed by atoms with van der Waals surface area (Å²) in [5, 5.41) is 35.2. The second kappa shape index (κ2) is 16.5. The molecule has 6 aromatic rings. The standard InChI is InChI=1S/C43H37NO13S4/c1-24-12-28-16-30-20-37(59(49,50)51)22-32(40(30)46)18-34-14-27(25-6-4-3-5-7-25)15-35(42(34)57-61(55,56)36-10-8-26(9-11-36)43(48)44-58-2)19-33-23-38(60(52,53)54)21-31(41(33)47)17-29(13-24)39(28)45/h3-15,20-23,45-47H,16-19H2,1-2H3,(H,44,48)(H,49,50,51)(H,52,53,54). The SMILES string of the molecule is CSNC(=O)c1ccc(S(=O)(=O)Oc2c3cc(-c4ccccc4)cc2Cc2cc(S(=O)(=O)O)cc(c2O)Cc2cc(C)cc(c2O)Cc2cc(S(=O)(=O)O)cc(c2O)C3)cc1.